The average molecular weight is 262 g/mol. The van der Waals surface area contributed by atoms with Crippen molar-refractivity contribution in [1.29, 1.82) is 5.26 Å². The van der Waals surface area contributed by atoms with Gasteiger partial charge in [0.05, 0.1) is 11.5 Å². The zero-order valence-corrected chi connectivity index (χ0v) is 11.6. The summed E-state index contributed by atoms with van der Waals surface area (Å²) in [5, 5.41) is 8.92. The molecule has 1 aromatic rings. The van der Waals surface area contributed by atoms with E-state index in [4.69, 9.17) is 5.26 Å². The zero-order chi connectivity index (χ0) is 8.60. The minimum Gasteiger partial charge on any atom is -0.870 e. The summed E-state index contributed by atoms with van der Waals surface area (Å²) in [4.78, 5) is 0. The Morgan fingerprint density at radius 2 is 1.71 bits per heavy atom. The Kier molecular flexibility index (Phi) is 5.35. The van der Waals surface area contributed by atoms with Gasteiger partial charge in [-0.25, -0.2) is 0 Å². The Balaban J connectivity index is 0.000000845. The van der Waals surface area contributed by atoms with E-state index in [0.717, 1.165) is 22.9 Å². The van der Waals surface area contributed by atoms with Gasteiger partial charge in [-0.3, -0.25) is 0 Å². The van der Waals surface area contributed by atoms with Crippen molar-refractivity contribution in [3.05, 3.63) is 34.3 Å². The third kappa shape index (κ3) is 2.59. The predicted molar refractivity (Wildman–Crippen MR) is 52.6 cm³/mol. The van der Waals surface area contributed by atoms with Gasteiger partial charge in [0.15, 0.2) is 0 Å². The summed E-state index contributed by atoms with van der Waals surface area (Å²) in [5.41, 5.74) is 1.02. The Hall–Kier alpha value is 0.150. The van der Waals surface area contributed by atoms with Crippen LogP contribution in [0.3, 0.4) is 0 Å². The van der Waals surface area contributed by atoms with Crippen LogP contribution in [-0.2, 0) is 5.41 Å². The molecule has 2 rings (SSSR count). The molecule has 0 heterocycles. The van der Waals surface area contributed by atoms with E-state index in [1.54, 1.807) is 0 Å². The average Bonchev–Trinajstić information content (AvgIpc) is 2.86. The Morgan fingerprint density at radius 3 is 2.07 bits per heavy atom. The van der Waals surface area contributed by atoms with Gasteiger partial charge in [0.2, 0.25) is 0 Å². The van der Waals surface area contributed by atoms with E-state index in [0.29, 0.717) is 0 Å². The second kappa shape index (κ2) is 5.29. The number of benzene rings is 1. The van der Waals surface area contributed by atoms with Crippen LogP contribution >= 0.6 is 15.9 Å². The van der Waals surface area contributed by atoms with E-state index in [2.05, 4.69) is 22.0 Å². The maximum Gasteiger partial charge on any atom is 1.00 e. The monoisotopic (exact) mass is 261 g/mol. The van der Waals surface area contributed by atoms with Crippen LogP contribution < -0.4 is 29.6 Å². The van der Waals surface area contributed by atoms with E-state index in [-0.39, 0.29) is 40.4 Å². The first kappa shape index (κ1) is 14.2. The quantitative estimate of drug-likeness (QED) is 0.660. The van der Waals surface area contributed by atoms with Crippen LogP contribution in [-0.4, -0.2) is 5.48 Å². The van der Waals surface area contributed by atoms with E-state index in [9.17, 15) is 0 Å². The van der Waals surface area contributed by atoms with E-state index >= 15 is 0 Å². The Morgan fingerprint density at radius 1 is 1.21 bits per heavy atom. The standard InChI is InChI=1S/C10H8BrN.Na.H2O/c11-9-3-1-8(2-4-9)10(7-12)5-6-10;;/h1-4H,5-6H2;;1H2/q;+1;/p-1. The Bertz CT molecular complexity index is 340. The van der Waals surface area contributed by atoms with E-state index in [1.165, 1.54) is 0 Å². The molecule has 0 amide bonds. The third-order valence-corrected chi connectivity index (χ3v) is 2.89. The molecule has 1 aliphatic rings. The van der Waals surface area contributed by atoms with Gasteiger partial charge in [-0.05, 0) is 30.5 Å². The molecule has 14 heavy (non-hydrogen) atoms. The summed E-state index contributed by atoms with van der Waals surface area (Å²) < 4.78 is 1.07. The number of hydrogen-bond acceptors (Lipinski definition) is 2. The van der Waals surface area contributed by atoms with Crippen molar-refractivity contribution in [3.63, 3.8) is 0 Å². The third-order valence-electron chi connectivity index (χ3n) is 2.36. The van der Waals surface area contributed by atoms with Gasteiger partial charge < -0.3 is 5.48 Å². The predicted octanol–water partition coefficient (Wildman–Crippen LogP) is -0.169. The molecule has 1 aromatic carbocycles. The summed E-state index contributed by atoms with van der Waals surface area (Å²) >= 11 is 3.37. The van der Waals surface area contributed by atoms with Crippen LogP contribution in [0.1, 0.15) is 18.4 Å². The number of halogens is 1. The summed E-state index contributed by atoms with van der Waals surface area (Å²) in [6, 6.07) is 10.4. The second-order valence-electron chi connectivity index (χ2n) is 3.20. The summed E-state index contributed by atoms with van der Waals surface area (Å²) in [6.07, 6.45) is 2.04. The number of rotatable bonds is 1. The number of hydrogen-bond donors (Lipinski definition) is 0. The Labute approximate surface area is 114 Å². The van der Waals surface area contributed by atoms with Gasteiger partial charge in [0.25, 0.3) is 0 Å². The number of nitrogens with zero attached hydrogens (tertiary/aromatic N) is 1. The van der Waals surface area contributed by atoms with Gasteiger partial charge in [-0.1, -0.05) is 28.1 Å². The van der Waals surface area contributed by atoms with Crippen LogP contribution in [0, 0.1) is 11.3 Å². The van der Waals surface area contributed by atoms with Crippen molar-refractivity contribution in [3.8, 4) is 6.07 Å². The first-order valence-electron chi connectivity index (χ1n) is 3.94. The van der Waals surface area contributed by atoms with Crippen molar-refractivity contribution >= 4 is 15.9 Å². The molecule has 1 fully saturated rings. The van der Waals surface area contributed by atoms with Gasteiger partial charge in [-0.15, -0.1) is 0 Å². The van der Waals surface area contributed by atoms with Crippen molar-refractivity contribution in [2.24, 2.45) is 0 Å². The minimum atomic E-state index is -0.138. The molecule has 0 aromatic heterocycles. The molecule has 1 aliphatic carbocycles. The van der Waals surface area contributed by atoms with Gasteiger partial charge >= 0.3 is 29.6 Å². The topological polar surface area (TPSA) is 53.8 Å². The molecule has 0 spiro atoms. The minimum absolute atomic E-state index is 0. The largest absolute Gasteiger partial charge is 1.00 e. The van der Waals surface area contributed by atoms with Crippen molar-refractivity contribution < 1.29 is 35.0 Å². The molecular weight excluding hydrogens is 253 g/mol. The van der Waals surface area contributed by atoms with Crippen LogP contribution in [0.15, 0.2) is 28.7 Å². The molecule has 68 valence electrons. The molecule has 0 atom stereocenters. The molecule has 1 N–H and O–H groups in total. The number of nitriles is 1. The maximum atomic E-state index is 8.92. The second-order valence-corrected chi connectivity index (χ2v) is 4.12. The fraction of sp³-hybridized carbons (Fsp3) is 0.300. The van der Waals surface area contributed by atoms with Gasteiger partial charge in [0, 0.05) is 4.47 Å². The summed E-state index contributed by atoms with van der Waals surface area (Å²) in [6.45, 7) is 0. The summed E-state index contributed by atoms with van der Waals surface area (Å²) in [5.74, 6) is 0. The van der Waals surface area contributed by atoms with Crippen LogP contribution in [0.5, 0.6) is 0 Å². The van der Waals surface area contributed by atoms with Crippen molar-refractivity contribution in [1.82, 2.24) is 0 Å². The van der Waals surface area contributed by atoms with Gasteiger partial charge in [0.1, 0.15) is 0 Å². The van der Waals surface area contributed by atoms with Crippen LogP contribution in [0.25, 0.3) is 0 Å². The van der Waals surface area contributed by atoms with Crippen LogP contribution in [0.2, 0.25) is 0 Å². The first-order chi connectivity index (χ1) is 5.77. The SMILES string of the molecule is N#CC1(c2ccc(Br)cc2)CC1.[Na+].[OH-]. The molecular formula is C10H9BrNNaO. The molecule has 4 heteroatoms. The van der Waals surface area contributed by atoms with Gasteiger partial charge in [-0.2, -0.15) is 5.26 Å². The molecule has 0 unspecified atom stereocenters. The zero-order valence-electron chi connectivity index (χ0n) is 8.00. The van der Waals surface area contributed by atoms with Crippen molar-refractivity contribution in [2.75, 3.05) is 0 Å². The van der Waals surface area contributed by atoms with Crippen molar-refractivity contribution in [2.45, 2.75) is 18.3 Å². The first-order valence-corrected chi connectivity index (χ1v) is 4.73. The van der Waals surface area contributed by atoms with E-state index in [1.807, 2.05) is 24.3 Å². The smallest absolute Gasteiger partial charge is 0.870 e. The molecule has 0 bridgehead atoms. The molecule has 0 aliphatic heterocycles. The molecule has 1 saturated carbocycles. The van der Waals surface area contributed by atoms with E-state index < -0.39 is 0 Å². The maximum absolute atomic E-state index is 8.92. The molecule has 0 saturated heterocycles. The fourth-order valence-corrected chi connectivity index (χ4v) is 1.62. The molecule has 2 nitrogen and oxygen atoms in total. The fourth-order valence-electron chi connectivity index (χ4n) is 1.36. The van der Waals surface area contributed by atoms with Crippen LogP contribution in [0.4, 0.5) is 0 Å². The normalized spacial score (nSPS) is 15.7. The molecule has 0 radical (unpaired) electrons. The summed E-state index contributed by atoms with van der Waals surface area (Å²) in [7, 11) is 0.